The fraction of sp³-hybridized carbons (Fsp3) is 0.545. The maximum Gasteiger partial charge on any atom is 0.234 e. The molecule has 1 amide bonds. The molecule has 0 unspecified atom stereocenters. The van der Waals surface area contributed by atoms with E-state index in [0.29, 0.717) is 12.5 Å². The van der Waals surface area contributed by atoms with Crippen molar-refractivity contribution in [1.82, 2.24) is 20.0 Å². The third-order valence-corrected chi connectivity index (χ3v) is 6.25. The number of nitrogens with one attached hydrogen (secondary N) is 1. The van der Waals surface area contributed by atoms with Crippen molar-refractivity contribution in [3.63, 3.8) is 0 Å². The lowest BCUT2D eigenvalue weighted by Gasteiger charge is -2.38. The van der Waals surface area contributed by atoms with Crippen LogP contribution < -0.4 is 5.32 Å². The standard InChI is InChI=1S/C22H30N4O2/c1-25-14-19(13-23-25)22(18-11-20(27)12-18)24-21(28)15-26-9-7-17(8-10-26)16-5-3-2-4-6-16/h2-6,13-14,17-18,20,22,27H,7-12,15H2,1H3,(H,24,28)/t18?,20?,22-/m0/s1. The van der Waals surface area contributed by atoms with Crippen LogP contribution in [0.25, 0.3) is 0 Å². The zero-order valence-corrected chi connectivity index (χ0v) is 16.5. The van der Waals surface area contributed by atoms with Gasteiger partial charge in [0.2, 0.25) is 5.91 Å². The molecule has 1 aromatic heterocycles. The number of hydrogen-bond donors (Lipinski definition) is 2. The number of aliphatic hydroxyl groups excluding tert-OH is 1. The lowest BCUT2D eigenvalue weighted by atomic mass is 9.75. The van der Waals surface area contributed by atoms with Crippen LogP contribution in [0.4, 0.5) is 0 Å². The van der Waals surface area contributed by atoms with Gasteiger partial charge in [0, 0.05) is 18.8 Å². The number of piperidine rings is 1. The van der Waals surface area contributed by atoms with Gasteiger partial charge in [-0.25, -0.2) is 0 Å². The van der Waals surface area contributed by atoms with Crippen molar-refractivity contribution in [1.29, 1.82) is 0 Å². The Bertz CT molecular complexity index is 777. The zero-order chi connectivity index (χ0) is 19.5. The molecule has 1 aliphatic heterocycles. The zero-order valence-electron chi connectivity index (χ0n) is 16.5. The summed E-state index contributed by atoms with van der Waals surface area (Å²) in [5.74, 6) is 0.945. The number of likely N-dealkylation sites (tertiary alicyclic amines) is 1. The molecule has 6 nitrogen and oxygen atoms in total. The average Bonchev–Trinajstić information content (AvgIpc) is 3.11. The van der Waals surface area contributed by atoms with Gasteiger partial charge in [-0.05, 0) is 56.2 Å². The van der Waals surface area contributed by atoms with Crippen LogP contribution in [0.3, 0.4) is 0 Å². The number of carbonyl (C=O) groups excluding carboxylic acids is 1. The Hall–Kier alpha value is -2.18. The molecule has 1 saturated heterocycles. The summed E-state index contributed by atoms with van der Waals surface area (Å²) in [5.41, 5.74) is 2.43. The molecule has 2 aliphatic rings. The predicted molar refractivity (Wildman–Crippen MR) is 108 cm³/mol. The monoisotopic (exact) mass is 382 g/mol. The van der Waals surface area contributed by atoms with E-state index in [-0.39, 0.29) is 24.0 Å². The quantitative estimate of drug-likeness (QED) is 0.804. The number of hydrogen-bond acceptors (Lipinski definition) is 4. The number of carbonyl (C=O) groups is 1. The lowest BCUT2D eigenvalue weighted by Crippen LogP contribution is -2.46. The minimum Gasteiger partial charge on any atom is -0.393 e. The summed E-state index contributed by atoms with van der Waals surface area (Å²) in [6, 6.07) is 10.6. The van der Waals surface area contributed by atoms with Crippen molar-refractivity contribution in [2.75, 3.05) is 19.6 Å². The largest absolute Gasteiger partial charge is 0.393 e. The van der Waals surface area contributed by atoms with Crippen molar-refractivity contribution >= 4 is 5.91 Å². The van der Waals surface area contributed by atoms with E-state index >= 15 is 0 Å². The lowest BCUT2D eigenvalue weighted by molar-refractivity contribution is -0.124. The predicted octanol–water partition coefficient (Wildman–Crippen LogP) is 2.23. The van der Waals surface area contributed by atoms with E-state index in [0.717, 1.165) is 44.3 Å². The van der Waals surface area contributed by atoms with Crippen LogP contribution in [0.1, 0.15) is 48.8 Å². The summed E-state index contributed by atoms with van der Waals surface area (Å²) in [4.78, 5) is 15.0. The van der Waals surface area contributed by atoms with E-state index in [1.807, 2.05) is 19.4 Å². The molecule has 0 radical (unpaired) electrons. The Morgan fingerprint density at radius 3 is 2.57 bits per heavy atom. The average molecular weight is 383 g/mol. The van der Waals surface area contributed by atoms with Crippen LogP contribution >= 0.6 is 0 Å². The van der Waals surface area contributed by atoms with Crippen molar-refractivity contribution in [3.05, 3.63) is 53.9 Å². The Kier molecular flexibility index (Phi) is 5.78. The molecule has 4 rings (SSSR count). The topological polar surface area (TPSA) is 70.4 Å². The first kappa shape index (κ1) is 19.2. The van der Waals surface area contributed by atoms with E-state index < -0.39 is 0 Å². The molecule has 2 fully saturated rings. The molecule has 1 atom stereocenters. The minimum absolute atomic E-state index is 0.0633. The number of aromatic nitrogens is 2. The van der Waals surface area contributed by atoms with Crippen molar-refractivity contribution < 1.29 is 9.90 Å². The molecule has 6 heteroatoms. The van der Waals surface area contributed by atoms with Crippen LogP contribution in [-0.4, -0.2) is 51.4 Å². The molecule has 2 heterocycles. The van der Waals surface area contributed by atoms with Gasteiger partial charge in [-0.1, -0.05) is 30.3 Å². The van der Waals surface area contributed by atoms with Gasteiger partial charge in [0.1, 0.15) is 0 Å². The first-order valence-corrected chi connectivity index (χ1v) is 10.3. The second kappa shape index (κ2) is 8.45. The maximum atomic E-state index is 12.7. The number of nitrogens with zero attached hydrogens (tertiary/aromatic N) is 3. The van der Waals surface area contributed by atoms with Gasteiger partial charge in [-0.15, -0.1) is 0 Å². The Balaban J connectivity index is 1.30. The minimum atomic E-state index is -0.238. The van der Waals surface area contributed by atoms with Crippen molar-refractivity contribution in [2.45, 2.75) is 43.7 Å². The normalized spacial score (nSPS) is 24.5. The first-order valence-electron chi connectivity index (χ1n) is 10.3. The molecule has 150 valence electrons. The fourth-order valence-corrected chi connectivity index (χ4v) is 4.55. The highest BCUT2D eigenvalue weighted by Crippen LogP contribution is 2.38. The second-order valence-corrected chi connectivity index (χ2v) is 8.34. The number of amides is 1. The van der Waals surface area contributed by atoms with Gasteiger partial charge in [0.15, 0.2) is 0 Å². The number of rotatable bonds is 6. The maximum absolute atomic E-state index is 12.7. The van der Waals surface area contributed by atoms with Crippen LogP contribution in [0, 0.1) is 5.92 Å². The van der Waals surface area contributed by atoms with Crippen LogP contribution in [0.15, 0.2) is 42.7 Å². The Labute approximate surface area is 166 Å². The Morgan fingerprint density at radius 2 is 1.96 bits per heavy atom. The third kappa shape index (κ3) is 4.45. The van der Waals surface area contributed by atoms with E-state index in [1.54, 1.807) is 4.68 Å². The SMILES string of the molecule is Cn1cc([C@@H](NC(=O)CN2CCC(c3ccccc3)CC2)C2CC(O)C2)cn1. The van der Waals surface area contributed by atoms with Gasteiger partial charge >= 0.3 is 0 Å². The van der Waals surface area contributed by atoms with Crippen LogP contribution in [-0.2, 0) is 11.8 Å². The highest BCUT2D eigenvalue weighted by atomic mass is 16.3. The number of aliphatic hydroxyl groups is 1. The molecular formula is C22H30N4O2. The van der Waals surface area contributed by atoms with E-state index in [1.165, 1.54) is 5.56 Å². The molecule has 0 bridgehead atoms. The van der Waals surface area contributed by atoms with Crippen molar-refractivity contribution in [2.24, 2.45) is 13.0 Å². The van der Waals surface area contributed by atoms with E-state index in [4.69, 9.17) is 0 Å². The number of benzene rings is 1. The smallest absolute Gasteiger partial charge is 0.234 e. The highest BCUT2D eigenvalue weighted by Gasteiger charge is 2.36. The molecule has 1 aliphatic carbocycles. The third-order valence-electron chi connectivity index (χ3n) is 6.25. The summed E-state index contributed by atoms with van der Waals surface area (Å²) in [6.07, 6.45) is 7.21. The molecule has 1 saturated carbocycles. The van der Waals surface area contributed by atoms with Gasteiger partial charge in [-0.2, -0.15) is 5.10 Å². The Morgan fingerprint density at radius 1 is 1.25 bits per heavy atom. The summed E-state index contributed by atoms with van der Waals surface area (Å²) >= 11 is 0. The molecular weight excluding hydrogens is 352 g/mol. The summed E-state index contributed by atoms with van der Waals surface area (Å²) < 4.78 is 1.76. The van der Waals surface area contributed by atoms with Crippen LogP contribution in [0.5, 0.6) is 0 Å². The molecule has 2 aromatic rings. The van der Waals surface area contributed by atoms with Gasteiger partial charge in [-0.3, -0.25) is 14.4 Å². The number of aryl methyl sites for hydroxylation is 1. The van der Waals surface area contributed by atoms with Gasteiger partial charge < -0.3 is 10.4 Å². The van der Waals surface area contributed by atoms with Gasteiger partial charge in [0.25, 0.3) is 0 Å². The molecule has 28 heavy (non-hydrogen) atoms. The van der Waals surface area contributed by atoms with E-state index in [2.05, 4.69) is 45.6 Å². The molecule has 2 N–H and O–H groups in total. The highest BCUT2D eigenvalue weighted by molar-refractivity contribution is 5.78. The first-order chi connectivity index (χ1) is 13.6. The van der Waals surface area contributed by atoms with E-state index in [9.17, 15) is 9.90 Å². The summed E-state index contributed by atoms with van der Waals surface area (Å²) in [7, 11) is 1.88. The molecule has 1 aromatic carbocycles. The fourth-order valence-electron chi connectivity index (χ4n) is 4.55. The second-order valence-electron chi connectivity index (χ2n) is 8.34. The summed E-state index contributed by atoms with van der Waals surface area (Å²) in [5, 5.41) is 17.2. The van der Waals surface area contributed by atoms with Crippen LogP contribution in [0.2, 0.25) is 0 Å². The van der Waals surface area contributed by atoms with Crippen molar-refractivity contribution in [3.8, 4) is 0 Å². The summed E-state index contributed by atoms with van der Waals surface area (Å²) in [6.45, 7) is 2.34. The van der Waals surface area contributed by atoms with Gasteiger partial charge in [0.05, 0.1) is 24.9 Å². The molecule has 0 spiro atoms.